The molecule has 0 fully saturated rings. The monoisotopic (exact) mass is 592 g/mol. The molecule has 0 saturated heterocycles. The summed E-state index contributed by atoms with van der Waals surface area (Å²) in [5.41, 5.74) is 0. The summed E-state index contributed by atoms with van der Waals surface area (Å²) in [5, 5.41) is 0. The number of rotatable bonds is 14. The van der Waals surface area contributed by atoms with Crippen molar-refractivity contribution in [1.82, 2.24) is 0 Å². The summed E-state index contributed by atoms with van der Waals surface area (Å²) < 4.78 is 30.4. The summed E-state index contributed by atoms with van der Waals surface area (Å²) in [5.74, 6) is 0. The topological polar surface area (TPSA) is 357 Å². The van der Waals surface area contributed by atoms with Gasteiger partial charge in [0, 0.05) is 14.2 Å². The van der Waals surface area contributed by atoms with E-state index >= 15 is 0 Å². The van der Waals surface area contributed by atoms with Crippen LogP contribution in [0.1, 0.15) is 0 Å². The molecule has 22 nitrogen and oxygen atoms in total. The smallest absolute Gasteiger partial charge is 0.368 e. The minimum absolute atomic E-state index is 0.637. The van der Waals surface area contributed by atoms with Crippen LogP contribution in [0.3, 0.4) is 0 Å². The van der Waals surface area contributed by atoms with Gasteiger partial charge in [0.05, 0.1) is 0 Å². The van der Waals surface area contributed by atoms with Gasteiger partial charge in [0.15, 0.2) is 0 Å². The molecule has 0 heterocycles. The minimum atomic E-state index is -6.24. The Morgan fingerprint density at radius 2 is 0.419 bits per heavy atom. The van der Waals surface area contributed by atoms with Crippen molar-refractivity contribution in [3.05, 3.63) is 0 Å². The van der Waals surface area contributed by atoms with E-state index in [9.17, 15) is 48.0 Å². The lowest BCUT2D eigenvalue weighted by Crippen LogP contribution is -2.69. The van der Waals surface area contributed by atoms with Crippen LogP contribution in [0.4, 0.5) is 0 Å². The summed E-state index contributed by atoms with van der Waals surface area (Å²) in [6.07, 6.45) is 0. The highest BCUT2D eigenvalue weighted by Crippen LogP contribution is 2.19. The third-order valence-corrected chi connectivity index (χ3v) is 16.0. The van der Waals surface area contributed by atoms with Crippen LogP contribution in [-0.2, 0) is 33.5 Å². The van der Waals surface area contributed by atoms with Crippen molar-refractivity contribution in [3.63, 3.8) is 0 Å². The first-order valence-corrected chi connectivity index (χ1v) is 18.8. The van der Waals surface area contributed by atoms with E-state index in [0.29, 0.717) is 14.2 Å². The van der Waals surface area contributed by atoms with Gasteiger partial charge in [0.25, 0.3) is 0 Å². The lowest BCUT2D eigenvalue weighted by Gasteiger charge is -2.31. The average molecular weight is 593 g/mol. The lowest BCUT2D eigenvalue weighted by atomic mass is 11.8. The molecule has 31 heavy (non-hydrogen) atoms. The molecule has 188 valence electrons. The molecule has 0 aromatic rings. The Morgan fingerprint density at radius 3 is 0.548 bits per heavy atom. The average Bonchev–Trinajstić information content (AvgIpc) is 2.38. The van der Waals surface area contributed by atoms with Gasteiger partial charge in [-0.05, 0) is 0 Å². The first-order chi connectivity index (χ1) is 13.4. The molecule has 0 radical (unpaired) electrons. The fraction of sp³-hybridized carbons (Fsp3) is 1.00. The van der Waals surface area contributed by atoms with Gasteiger partial charge in [0.1, 0.15) is 0 Å². The van der Waals surface area contributed by atoms with Crippen molar-refractivity contribution in [1.29, 1.82) is 0 Å². The normalized spacial score (nSPS) is 15.5. The van der Waals surface area contributed by atoms with E-state index in [1.165, 1.54) is 0 Å². The van der Waals surface area contributed by atoms with Crippen LogP contribution >= 0.6 is 0 Å². The first kappa shape index (κ1) is 31.6. The molecule has 29 heteroatoms. The van der Waals surface area contributed by atoms with Crippen LogP contribution in [-0.4, -0.2) is 145 Å². The van der Waals surface area contributed by atoms with Gasteiger partial charge in [-0.3, -0.25) is 0 Å². The Balaban J connectivity index is 5.21. The summed E-state index contributed by atoms with van der Waals surface area (Å²) in [6, 6.07) is 0. The lowest BCUT2D eigenvalue weighted by molar-refractivity contribution is -0.0275. The van der Waals surface area contributed by atoms with Gasteiger partial charge in [-0.2, -0.15) is 0 Å². The van der Waals surface area contributed by atoms with Crippen LogP contribution in [0.25, 0.3) is 0 Å². The predicted molar refractivity (Wildman–Crippen MR) is 91.9 cm³/mol. The zero-order chi connectivity index (χ0) is 25.2. The van der Waals surface area contributed by atoms with Crippen molar-refractivity contribution in [2.45, 2.75) is 0 Å². The fourth-order valence-corrected chi connectivity index (χ4v) is 12.9. The molecular formula is C2H20O22Si7. The molecule has 0 saturated carbocycles. The second-order valence-corrected chi connectivity index (χ2v) is 18.3. The van der Waals surface area contributed by atoms with Gasteiger partial charge < -0.3 is 101 Å². The Bertz CT molecular complexity index is 522. The highest BCUT2D eigenvalue weighted by molar-refractivity contribution is 6.78. The molecule has 14 N–H and O–H groups in total. The molecule has 0 aromatic carbocycles. The molecule has 0 aliphatic heterocycles. The molecule has 0 bridgehead atoms. The van der Waals surface area contributed by atoms with Crippen LogP contribution in [0.15, 0.2) is 0 Å². The third-order valence-electron chi connectivity index (χ3n) is 2.13. The molecule has 0 unspecified atom stereocenters. The van der Waals surface area contributed by atoms with Crippen molar-refractivity contribution in [3.8, 4) is 0 Å². The van der Waals surface area contributed by atoms with Crippen LogP contribution < -0.4 is 0 Å². The maximum Gasteiger partial charge on any atom is 0.668 e. The second kappa shape index (κ2) is 10.5. The molecular weight excluding hydrogens is 573 g/mol. The SMILES string of the molecule is CO[Si](O)(O)O[Si](O)(O)O[Si](O)(O)O[Si](O)(O)O[Si](O)(O)O[Si](O)(O)O[Si](O)(O)OC. The highest BCUT2D eigenvalue weighted by atomic mass is 28.6. The molecule has 0 aliphatic rings. The summed E-state index contributed by atoms with van der Waals surface area (Å²) in [4.78, 5) is 130. The van der Waals surface area contributed by atoms with E-state index in [0.717, 1.165) is 0 Å². The van der Waals surface area contributed by atoms with Gasteiger partial charge >= 0.3 is 63.3 Å². The van der Waals surface area contributed by atoms with Crippen LogP contribution in [0, 0.1) is 0 Å². The largest absolute Gasteiger partial charge is 0.668 e. The third kappa shape index (κ3) is 13.8. The molecule has 0 amide bonds. The predicted octanol–water partition coefficient (Wildman–Crippen LogP) is -10.7. The fourth-order valence-electron chi connectivity index (χ4n) is 1.23. The van der Waals surface area contributed by atoms with Gasteiger partial charge in [-0.25, -0.2) is 0 Å². The Hall–Kier alpha value is 0.638. The van der Waals surface area contributed by atoms with E-state index in [1.807, 2.05) is 0 Å². The van der Waals surface area contributed by atoms with Crippen molar-refractivity contribution in [2.24, 2.45) is 0 Å². The molecule has 0 atom stereocenters. The molecule has 0 rings (SSSR count). The zero-order valence-electron chi connectivity index (χ0n) is 15.0. The summed E-state index contributed by atoms with van der Waals surface area (Å²) in [7, 11) is -39.6. The van der Waals surface area contributed by atoms with E-state index in [2.05, 4.69) is 33.5 Å². The van der Waals surface area contributed by atoms with Crippen molar-refractivity contribution < 1.29 is 101 Å². The van der Waals surface area contributed by atoms with Gasteiger partial charge in [-0.15, -0.1) is 0 Å². The Kier molecular flexibility index (Phi) is 10.7. The standard InChI is InChI=1S/C2H20O22Si7/c1-17-25(3,4)19-27(7,8)21-29(11,12)23-31(15,16)24-30(13,14)22-28(9,10)20-26(5,6)18-2/h3-16H,1-2H3. The highest BCUT2D eigenvalue weighted by Gasteiger charge is 2.65. The van der Waals surface area contributed by atoms with Gasteiger partial charge in [-0.1, -0.05) is 0 Å². The Morgan fingerprint density at radius 1 is 0.290 bits per heavy atom. The van der Waals surface area contributed by atoms with Crippen LogP contribution in [0.2, 0.25) is 0 Å². The zero-order valence-corrected chi connectivity index (χ0v) is 22.0. The molecule has 0 spiro atoms. The Labute approximate surface area is 178 Å². The van der Waals surface area contributed by atoms with E-state index in [4.69, 9.17) is 19.2 Å². The summed E-state index contributed by atoms with van der Waals surface area (Å²) in [6.45, 7) is 0. The van der Waals surface area contributed by atoms with E-state index < -0.39 is 63.3 Å². The number of hydrogen-bond acceptors (Lipinski definition) is 22. The van der Waals surface area contributed by atoms with E-state index in [1.54, 1.807) is 0 Å². The van der Waals surface area contributed by atoms with Crippen LogP contribution in [0.5, 0.6) is 0 Å². The molecule has 0 aromatic heterocycles. The maximum atomic E-state index is 9.45. The summed E-state index contributed by atoms with van der Waals surface area (Å²) >= 11 is 0. The molecule has 0 aliphatic carbocycles. The minimum Gasteiger partial charge on any atom is -0.368 e. The van der Waals surface area contributed by atoms with Crippen molar-refractivity contribution >= 4 is 63.3 Å². The van der Waals surface area contributed by atoms with Gasteiger partial charge in [0.2, 0.25) is 0 Å². The first-order valence-electron chi connectivity index (χ1n) is 6.80. The van der Waals surface area contributed by atoms with Crippen molar-refractivity contribution in [2.75, 3.05) is 14.2 Å². The quantitative estimate of drug-likeness (QED) is 0.0831. The van der Waals surface area contributed by atoms with E-state index in [-0.39, 0.29) is 0 Å². The number of hydrogen-bond donors (Lipinski definition) is 14. The second-order valence-electron chi connectivity index (χ2n) is 4.86. The maximum absolute atomic E-state index is 9.45.